The second-order valence-corrected chi connectivity index (χ2v) is 7.23. The minimum absolute atomic E-state index is 0.0578. The number of nitrogens with zero attached hydrogens (tertiary/aromatic N) is 2. The Morgan fingerprint density at radius 2 is 2.00 bits per heavy atom. The standard InChI is InChI=1S/C16H18ClN3O3/c1-16(2)8-18-15-14(20(22)23)12(7-13(21)19(15)9-16)10-3-5-11(17)6-4-10/h3-6,12,18H,7-9H2,1-2H3. The molecule has 1 amide bonds. The maximum Gasteiger partial charge on any atom is 0.294 e. The second-order valence-electron chi connectivity index (χ2n) is 6.80. The summed E-state index contributed by atoms with van der Waals surface area (Å²) in [6, 6.07) is 6.86. The van der Waals surface area contributed by atoms with Gasteiger partial charge >= 0.3 is 0 Å². The van der Waals surface area contributed by atoms with Gasteiger partial charge in [0.2, 0.25) is 5.91 Å². The molecule has 0 bridgehead atoms. The lowest BCUT2D eigenvalue weighted by Gasteiger charge is -2.42. The maximum atomic E-state index is 12.5. The molecule has 0 aliphatic carbocycles. The van der Waals surface area contributed by atoms with Gasteiger partial charge in [-0.25, -0.2) is 0 Å². The van der Waals surface area contributed by atoms with Crippen LogP contribution in [0.3, 0.4) is 0 Å². The fourth-order valence-corrected chi connectivity index (χ4v) is 3.28. The van der Waals surface area contributed by atoms with Gasteiger partial charge in [-0.05, 0) is 17.7 Å². The average molecular weight is 336 g/mol. The van der Waals surface area contributed by atoms with Crippen LogP contribution in [0.25, 0.3) is 0 Å². The van der Waals surface area contributed by atoms with E-state index in [0.717, 1.165) is 5.56 Å². The van der Waals surface area contributed by atoms with Gasteiger partial charge in [-0.1, -0.05) is 37.6 Å². The lowest BCUT2D eigenvalue weighted by Crippen LogP contribution is -2.55. The molecule has 1 unspecified atom stereocenters. The number of benzene rings is 1. The first-order chi connectivity index (χ1) is 10.8. The van der Waals surface area contributed by atoms with E-state index in [9.17, 15) is 14.9 Å². The van der Waals surface area contributed by atoms with Crippen molar-refractivity contribution in [1.82, 2.24) is 10.2 Å². The minimum atomic E-state index is -0.560. The van der Waals surface area contributed by atoms with E-state index in [2.05, 4.69) is 5.32 Å². The molecule has 23 heavy (non-hydrogen) atoms. The summed E-state index contributed by atoms with van der Waals surface area (Å²) in [5.41, 5.74) is 0.671. The number of nitro groups is 1. The smallest absolute Gasteiger partial charge is 0.294 e. The van der Waals surface area contributed by atoms with Crippen LogP contribution >= 0.6 is 11.6 Å². The molecule has 0 aromatic heterocycles. The first kappa shape index (κ1) is 15.8. The normalized spacial score (nSPS) is 23.3. The number of amides is 1. The van der Waals surface area contributed by atoms with Gasteiger partial charge in [0.25, 0.3) is 5.70 Å². The summed E-state index contributed by atoms with van der Waals surface area (Å²) in [7, 11) is 0. The van der Waals surface area contributed by atoms with Crippen molar-refractivity contribution in [2.24, 2.45) is 5.41 Å². The summed E-state index contributed by atoms with van der Waals surface area (Å²) >= 11 is 5.89. The molecule has 2 heterocycles. The van der Waals surface area contributed by atoms with Crippen LogP contribution in [0.4, 0.5) is 0 Å². The highest BCUT2D eigenvalue weighted by Gasteiger charge is 2.45. The van der Waals surface area contributed by atoms with Gasteiger partial charge in [0, 0.05) is 29.9 Å². The van der Waals surface area contributed by atoms with Crippen molar-refractivity contribution in [3.8, 4) is 0 Å². The average Bonchev–Trinajstić information content (AvgIpc) is 2.47. The summed E-state index contributed by atoms with van der Waals surface area (Å²) in [6.07, 6.45) is 0.0964. The van der Waals surface area contributed by atoms with E-state index in [1.54, 1.807) is 24.3 Å². The molecule has 1 aromatic rings. The molecule has 1 fully saturated rings. The van der Waals surface area contributed by atoms with Crippen molar-refractivity contribution in [3.05, 3.63) is 56.5 Å². The summed E-state index contributed by atoms with van der Waals surface area (Å²) in [6.45, 7) is 5.14. The summed E-state index contributed by atoms with van der Waals surface area (Å²) in [5, 5.41) is 15.3. The van der Waals surface area contributed by atoms with Gasteiger partial charge in [-0.3, -0.25) is 19.8 Å². The SMILES string of the molecule is CC1(C)CNC2=C([N+](=O)[O-])C(c3ccc(Cl)cc3)CC(=O)N2C1. The summed E-state index contributed by atoms with van der Waals surface area (Å²) in [5.74, 6) is -0.314. The van der Waals surface area contributed by atoms with Gasteiger partial charge < -0.3 is 5.32 Å². The zero-order valence-electron chi connectivity index (χ0n) is 13.0. The molecule has 7 heteroatoms. The van der Waals surface area contributed by atoms with Crippen LogP contribution in [0.15, 0.2) is 35.8 Å². The van der Waals surface area contributed by atoms with Crippen molar-refractivity contribution >= 4 is 17.5 Å². The van der Waals surface area contributed by atoms with Crippen molar-refractivity contribution in [3.63, 3.8) is 0 Å². The van der Waals surface area contributed by atoms with Crippen LogP contribution in [0.2, 0.25) is 5.02 Å². The molecule has 0 radical (unpaired) electrons. The van der Waals surface area contributed by atoms with E-state index >= 15 is 0 Å². The first-order valence-electron chi connectivity index (χ1n) is 7.47. The highest BCUT2D eigenvalue weighted by Crippen LogP contribution is 2.39. The zero-order chi connectivity index (χ0) is 16.8. The number of rotatable bonds is 2. The molecule has 1 saturated heterocycles. The summed E-state index contributed by atoms with van der Waals surface area (Å²) < 4.78 is 0. The largest absolute Gasteiger partial charge is 0.365 e. The van der Waals surface area contributed by atoms with Crippen LogP contribution in [0.5, 0.6) is 0 Å². The van der Waals surface area contributed by atoms with Crippen LogP contribution in [0, 0.1) is 15.5 Å². The van der Waals surface area contributed by atoms with Crippen LogP contribution in [0.1, 0.15) is 31.7 Å². The molecule has 2 aliphatic rings. The van der Waals surface area contributed by atoms with E-state index in [4.69, 9.17) is 11.6 Å². The number of carbonyl (C=O) groups is 1. The third-order valence-electron chi connectivity index (χ3n) is 4.31. The molecule has 1 aromatic carbocycles. The van der Waals surface area contributed by atoms with Gasteiger partial charge in [0.15, 0.2) is 5.82 Å². The van der Waals surface area contributed by atoms with Gasteiger partial charge in [-0.2, -0.15) is 0 Å². The molecule has 1 N–H and O–H groups in total. The fraction of sp³-hybridized carbons (Fsp3) is 0.438. The molecular weight excluding hydrogens is 318 g/mol. The molecular formula is C16H18ClN3O3. The number of fused-ring (bicyclic) bond motifs is 1. The van der Waals surface area contributed by atoms with E-state index in [1.807, 2.05) is 13.8 Å². The van der Waals surface area contributed by atoms with Gasteiger partial charge in [0.1, 0.15) is 0 Å². The second kappa shape index (κ2) is 5.53. The predicted octanol–water partition coefficient (Wildman–Crippen LogP) is 2.73. The number of carbonyl (C=O) groups excluding carboxylic acids is 1. The van der Waals surface area contributed by atoms with E-state index in [-0.39, 0.29) is 28.4 Å². The molecule has 1 atom stereocenters. The Kier molecular flexibility index (Phi) is 3.80. The molecule has 3 rings (SSSR count). The van der Waals surface area contributed by atoms with E-state index in [1.165, 1.54) is 4.90 Å². The topological polar surface area (TPSA) is 75.5 Å². The molecule has 0 spiro atoms. The van der Waals surface area contributed by atoms with Crippen LogP contribution in [-0.4, -0.2) is 28.8 Å². The number of hydrogen-bond donors (Lipinski definition) is 1. The molecule has 0 saturated carbocycles. The van der Waals surface area contributed by atoms with Gasteiger partial charge in [0.05, 0.1) is 10.8 Å². The Morgan fingerprint density at radius 3 is 2.61 bits per heavy atom. The third kappa shape index (κ3) is 2.91. The van der Waals surface area contributed by atoms with Gasteiger partial charge in [-0.15, -0.1) is 0 Å². The maximum absolute atomic E-state index is 12.5. The number of allylic oxidation sites excluding steroid dienone is 1. The Morgan fingerprint density at radius 1 is 1.35 bits per heavy atom. The molecule has 2 aliphatic heterocycles. The van der Waals surface area contributed by atoms with E-state index < -0.39 is 5.92 Å². The van der Waals surface area contributed by atoms with Crippen molar-refractivity contribution in [2.75, 3.05) is 13.1 Å². The predicted molar refractivity (Wildman–Crippen MR) is 86.3 cm³/mol. The highest BCUT2D eigenvalue weighted by molar-refractivity contribution is 6.30. The number of hydrogen-bond acceptors (Lipinski definition) is 4. The molecule has 122 valence electrons. The Bertz CT molecular complexity index is 697. The minimum Gasteiger partial charge on any atom is -0.365 e. The monoisotopic (exact) mass is 335 g/mol. The van der Waals surface area contributed by atoms with E-state index in [0.29, 0.717) is 23.9 Å². The number of halogens is 1. The Labute approximate surface area is 139 Å². The van der Waals surface area contributed by atoms with Crippen molar-refractivity contribution in [1.29, 1.82) is 0 Å². The highest BCUT2D eigenvalue weighted by atomic mass is 35.5. The Balaban J connectivity index is 2.07. The number of nitrogens with one attached hydrogen (secondary N) is 1. The Hall–Kier alpha value is -2.08. The lowest BCUT2D eigenvalue weighted by atomic mass is 9.85. The summed E-state index contributed by atoms with van der Waals surface area (Å²) in [4.78, 5) is 25.4. The fourth-order valence-electron chi connectivity index (χ4n) is 3.15. The van der Waals surface area contributed by atoms with Crippen molar-refractivity contribution in [2.45, 2.75) is 26.2 Å². The lowest BCUT2D eigenvalue weighted by molar-refractivity contribution is -0.433. The first-order valence-corrected chi connectivity index (χ1v) is 7.84. The van der Waals surface area contributed by atoms with Crippen molar-refractivity contribution < 1.29 is 9.72 Å². The third-order valence-corrected chi connectivity index (χ3v) is 4.56. The van der Waals surface area contributed by atoms with Crippen LogP contribution in [-0.2, 0) is 4.79 Å². The zero-order valence-corrected chi connectivity index (χ0v) is 13.8. The molecule has 6 nitrogen and oxygen atoms in total. The van der Waals surface area contributed by atoms with Crippen LogP contribution < -0.4 is 5.32 Å². The quantitative estimate of drug-likeness (QED) is 0.666.